The van der Waals surface area contributed by atoms with Gasteiger partial charge in [-0.2, -0.15) is 0 Å². The number of amidine groups is 1. The Hall–Kier alpha value is -4.05. The fraction of sp³-hybridized carbons (Fsp3) is 0.231. The normalized spacial score (nSPS) is 11.1. The molecule has 0 fully saturated rings. The maximum absolute atomic E-state index is 12.9. The molecule has 0 aromatic heterocycles. The third-order valence-electron chi connectivity index (χ3n) is 4.99. The van der Waals surface area contributed by atoms with Gasteiger partial charge in [-0.3, -0.25) is 10.2 Å². The van der Waals surface area contributed by atoms with Crippen LogP contribution in [0.3, 0.4) is 0 Å². The Bertz CT molecular complexity index is 1310. The van der Waals surface area contributed by atoms with Crippen LogP contribution in [0, 0.1) is 5.41 Å². The monoisotopic (exact) mass is 510 g/mol. The molecule has 36 heavy (non-hydrogen) atoms. The zero-order chi connectivity index (χ0) is 26.3. The number of ether oxygens (including phenoxy) is 2. The van der Waals surface area contributed by atoms with Gasteiger partial charge in [0.25, 0.3) is 15.9 Å². The average Bonchev–Trinajstić information content (AvgIpc) is 2.84. The summed E-state index contributed by atoms with van der Waals surface area (Å²) in [7, 11) is -4.04. The number of nitrogens with zero attached hydrogens (tertiary/aromatic N) is 1. The van der Waals surface area contributed by atoms with E-state index in [-0.39, 0.29) is 23.4 Å². The van der Waals surface area contributed by atoms with E-state index in [2.05, 4.69) is 4.72 Å². The van der Waals surface area contributed by atoms with Crippen LogP contribution in [-0.4, -0.2) is 39.4 Å². The predicted molar refractivity (Wildman–Crippen MR) is 140 cm³/mol. The van der Waals surface area contributed by atoms with E-state index in [1.54, 1.807) is 65.6 Å². The number of nitrogens with two attached hydrogens (primary N) is 1. The van der Waals surface area contributed by atoms with Crippen molar-refractivity contribution in [3.05, 3.63) is 78.4 Å². The van der Waals surface area contributed by atoms with Crippen LogP contribution in [0.4, 0.5) is 11.4 Å². The highest BCUT2D eigenvalue weighted by Crippen LogP contribution is 2.35. The number of nitrogens with one attached hydrogen (secondary N) is 2. The van der Waals surface area contributed by atoms with Crippen LogP contribution in [0.1, 0.15) is 26.3 Å². The molecule has 0 bridgehead atoms. The Labute approximate surface area is 211 Å². The second kappa shape index (κ2) is 11.6. The number of hydrogen-bond donors (Lipinski definition) is 3. The highest BCUT2D eigenvalue weighted by molar-refractivity contribution is 7.90. The molecule has 0 radical (unpaired) electrons. The van der Waals surface area contributed by atoms with Crippen LogP contribution < -0.4 is 24.8 Å². The van der Waals surface area contributed by atoms with Gasteiger partial charge in [0, 0.05) is 23.0 Å². The van der Waals surface area contributed by atoms with Crippen molar-refractivity contribution >= 4 is 33.1 Å². The Morgan fingerprint density at radius 2 is 1.64 bits per heavy atom. The van der Waals surface area contributed by atoms with Crippen molar-refractivity contribution in [2.24, 2.45) is 5.73 Å². The van der Waals surface area contributed by atoms with E-state index in [4.69, 9.17) is 20.6 Å². The number of hydrogen-bond acceptors (Lipinski definition) is 7. The van der Waals surface area contributed by atoms with Crippen molar-refractivity contribution < 1.29 is 22.7 Å². The van der Waals surface area contributed by atoms with Crippen LogP contribution in [-0.2, 0) is 14.8 Å². The molecular formula is C26H30N4O5S. The largest absolute Gasteiger partial charge is 0.490 e. The lowest BCUT2D eigenvalue weighted by atomic mass is 10.1. The van der Waals surface area contributed by atoms with Gasteiger partial charge >= 0.3 is 0 Å². The minimum atomic E-state index is -4.04. The third-order valence-corrected chi connectivity index (χ3v) is 6.38. The Morgan fingerprint density at radius 3 is 2.22 bits per heavy atom. The molecule has 4 N–H and O–H groups in total. The zero-order valence-electron chi connectivity index (χ0n) is 20.4. The molecule has 0 aliphatic heterocycles. The summed E-state index contributed by atoms with van der Waals surface area (Å²) in [6.07, 6.45) is -0.0701. The highest BCUT2D eigenvalue weighted by Gasteiger charge is 2.22. The van der Waals surface area contributed by atoms with Crippen LogP contribution in [0.25, 0.3) is 0 Å². The number of benzene rings is 3. The molecule has 0 atom stereocenters. The Morgan fingerprint density at radius 1 is 1.00 bits per heavy atom. The number of rotatable bonds is 11. The molecule has 0 spiro atoms. The van der Waals surface area contributed by atoms with E-state index in [0.717, 1.165) is 0 Å². The number of carbonyl (C=O) groups excluding carboxylic acids is 1. The van der Waals surface area contributed by atoms with Gasteiger partial charge in [-0.25, -0.2) is 13.1 Å². The number of sulfonamides is 1. The molecule has 3 aromatic carbocycles. The van der Waals surface area contributed by atoms with E-state index >= 15 is 0 Å². The fourth-order valence-electron chi connectivity index (χ4n) is 3.42. The van der Waals surface area contributed by atoms with Crippen molar-refractivity contribution in [1.82, 2.24) is 4.72 Å². The van der Waals surface area contributed by atoms with Gasteiger partial charge < -0.3 is 20.1 Å². The molecule has 0 saturated heterocycles. The second-order valence-corrected chi connectivity index (χ2v) is 9.80. The van der Waals surface area contributed by atoms with E-state index in [0.29, 0.717) is 35.0 Å². The van der Waals surface area contributed by atoms with Crippen LogP contribution in [0.2, 0.25) is 0 Å². The molecule has 9 nitrogen and oxygen atoms in total. The van der Waals surface area contributed by atoms with Gasteiger partial charge in [-0.1, -0.05) is 18.2 Å². The Balaban J connectivity index is 1.97. The lowest BCUT2D eigenvalue weighted by molar-refractivity contribution is -0.117. The van der Waals surface area contributed by atoms with E-state index in [1.807, 2.05) is 20.8 Å². The summed E-state index contributed by atoms with van der Waals surface area (Å²) in [4.78, 5) is 14.6. The molecule has 0 aliphatic carbocycles. The standard InChI is InChI=1S/C26H30N4O5S/c1-4-34-24-16-21(14-15-23(24)35-18(2)3)30(20-12-10-19(11-13-20)26(27)28)17-25(31)29-36(32,33)22-8-6-5-7-9-22/h5-16,18H,4,17H2,1-3H3,(H3,27,28)(H,29,31). The van der Waals surface area contributed by atoms with Crippen molar-refractivity contribution in [3.63, 3.8) is 0 Å². The average molecular weight is 511 g/mol. The van der Waals surface area contributed by atoms with Gasteiger partial charge in [0.2, 0.25) is 0 Å². The number of nitrogen functional groups attached to an aromatic ring is 1. The molecule has 0 heterocycles. The summed E-state index contributed by atoms with van der Waals surface area (Å²) >= 11 is 0. The number of amides is 1. The first-order valence-corrected chi connectivity index (χ1v) is 12.8. The van der Waals surface area contributed by atoms with Gasteiger partial charge in [0.1, 0.15) is 12.4 Å². The third kappa shape index (κ3) is 6.76. The summed E-state index contributed by atoms with van der Waals surface area (Å²) in [6.45, 7) is 5.77. The van der Waals surface area contributed by atoms with Gasteiger partial charge in [0.05, 0.1) is 17.6 Å². The molecule has 10 heteroatoms. The first kappa shape index (κ1) is 26.6. The van der Waals surface area contributed by atoms with Gasteiger partial charge in [0.15, 0.2) is 11.5 Å². The summed E-state index contributed by atoms with van der Waals surface area (Å²) in [5, 5.41) is 7.63. The van der Waals surface area contributed by atoms with Gasteiger partial charge in [-0.15, -0.1) is 0 Å². The summed E-state index contributed by atoms with van der Waals surface area (Å²) in [5.74, 6) is 0.230. The smallest absolute Gasteiger partial charge is 0.264 e. The van der Waals surface area contributed by atoms with Crippen molar-refractivity contribution in [2.45, 2.75) is 31.8 Å². The van der Waals surface area contributed by atoms with Crippen molar-refractivity contribution in [3.8, 4) is 11.5 Å². The van der Waals surface area contributed by atoms with E-state index < -0.39 is 15.9 Å². The van der Waals surface area contributed by atoms with Crippen molar-refractivity contribution in [2.75, 3.05) is 18.1 Å². The SMILES string of the molecule is CCOc1cc(N(CC(=O)NS(=O)(=O)c2ccccc2)c2ccc(C(=N)N)cc2)ccc1OC(C)C. The first-order valence-electron chi connectivity index (χ1n) is 11.4. The summed E-state index contributed by atoms with van der Waals surface area (Å²) in [5.41, 5.74) is 7.26. The molecule has 190 valence electrons. The van der Waals surface area contributed by atoms with Crippen LogP contribution in [0.15, 0.2) is 77.7 Å². The van der Waals surface area contributed by atoms with E-state index in [1.165, 1.54) is 12.1 Å². The molecule has 3 aromatic rings. The highest BCUT2D eigenvalue weighted by atomic mass is 32.2. The molecule has 1 amide bonds. The van der Waals surface area contributed by atoms with Crippen LogP contribution >= 0.6 is 0 Å². The maximum Gasteiger partial charge on any atom is 0.264 e. The van der Waals surface area contributed by atoms with Crippen LogP contribution in [0.5, 0.6) is 11.5 Å². The first-order chi connectivity index (χ1) is 17.1. The minimum absolute atomic E-state index is 0.00969. The summed E-state index contributed by atoms with van der Waals surface area (Å²) in [6, 6.07) is 19.6. The topological polar surface area (TPSA) is 135 Å². The van der Waals surface area contributed by atoms with Crippen molar-refractivity contribution in [1.29, 1.82) is 5.41 Å². The maximum atomic E-state index is 12.9. The number of carbonyl (C=O) groups is 1. The Kier molecular flexibility index (Phi) is 8.55. The quantitative estimate of drug-likeness (QED) is 0.264. The zero-order valence-corrected chi connectivity index (χ0v) is 21.2. The lowest BCUT2D eigenvalue weighted by Crippen LogP contribution is -2.38. The van der Waals surface area contributed by atoms with Gasteiger partial charge in [-0.05, 0) is 69.3 Å². The molecular weight excluding hydrogens is 480 g/mol. The molecule has 0 aliphatic rings. The predicted octanol–water partition coefficient (Wildman–Crippen LogP) is 3.80. The fourth-order valence-corrected chi connectivity index (χ4v) is 4.42. The number of anilines is 2. The van der Waals surface area contributed by atoms with E-state index in [9.17, 15) is 13.2 Å². The lowest BCUT2D eigenvalue weighted by Gasteiger charge is -2.26. The molecule has 3 rings (SSSR count). The molecule has 0 saturated carbocycles. The molecule has 0 unspecified atom stereocenters. The summed E-state index contributed by atoms with van der Waals surface area (Å²) < 4.78 is 39.1. The minimum Gasteiger partial charge on any atom is -0.490 e. The second-order valence-electron chi connectivity index (χ2n) is 8.12.